The summed E-state index contributed by atoms with van der Waals surface area (Å²) in [5.74, 6) is -0.257. The van der Waals surface area contributed by atoms with Crippen LogP contribution in [0, 0.1) is 5.82 Å². The van der Waals surface area contributed by atoms with Crippen molar-refractivity contribution in [2.45, 2.75) is 12.5 Å². The molecular formula is C13H12BrClFNO. The normalized spacial score (nSPS) is 12.7. The number of furan rings is 1. The average molecular weight is 333 g/mol. The molecule has 96 valence electrons. The van der Waals surface area contributed by atoms with Crippen LogP contribution in [-0.2, 0) is 6.42 Å². The topological polar surface area (TPSA) is 25.2 Å². The monoisotopic (exact) mass is 331 g/mol. The summed E-state index contributed by atoms with van der Waals surface area (Å²) in [5, 5.41) is 3.52. The Morgan fingerprint density at radius 3 is 2.78 bits per heavy atom. The van der Waals surface area contributed by atoms with Gasteiger partial charge in [0.05, 0.1) is 6.26 Å². The second-order valence-electron chi connectivity index (χ2n) is 3.97. The Kier molecular flexibility index (Phi) is 4.43. The molecule has 1 aromatic carbocycles. The lowest BCUT2D eigenvalue weighted by Crippen LogP contribution is -2.18. The van der Waals surface area contributed by atoms with Gasteiger partial charge in [0.15, 0.2) is 5.22 Å². The first kappa shape index (κ1) is 13.6. The Bertz CT molecular complexity index is 523. The lowest BCUT2D eigenvalue weighted by molar-refractivity contribution is 0.543. The molecule has 5 heteroatoms. The molecule has 2 aromatic rings. The van der Waals surface area contributed by atoms with Crippen LogP contribution in [0.15, 0.2) is 39.4 Å². The number of benzene rings is 1. The number of halogens is 3. The molecule has 2 rings (SSSR count). The number of likely N-dealkylation sites (N-methyl/N-ethyl adjacent to an activating group) is 1. The van der Waals surface area contributed by atoms with Crippen molar-refractivity contribution in [3.8, 4) is 0 Å². The fourth-order valence-corrected chi connectivity index (χ4v) is 2.64. The minimum Gasteiger partial charge on any atom is -0.453 e. The largest absolute Gasteiger partial charge is 0.453 e. The standard InChI is InChI=1S/C13H12BrClFNO/c1-17-12(11-2-3-18-13(11)15)6-8-4-9(14)7-10(16)5-8/h2-5,7,12,17H,6H2,1H3. The maximum atomic E-state index is 13.3. The summed E-state index contributed by atoms with van der Waals surface area (Å²) in [5.41, 5.74) is 1.76. The van der Waals surface area contributed by atoms with Crippen molar-refractivity contribution in [2.24, 2.45) is 0 Å². The Balaban J connectivity index is 2.23. The highest BCUT2D eigenvalue weighted by atomic mass is 79.9. The maximum absolute atomic E-state index is 13.3. The van der Waals surface area contributed by atoms with Crippen molar-refractivity contribution in [1.29, 1.82) is 0 Å². The second-order valence-corrected chi connectivity index (χ2v) is 5.23. The van der Waals surface area contributed by atoms with Gasteiger partial charge in [0.1, 0.15) is 5.82 Å². The van der Waals surface area contributed by atoms with E-state index >= 15 is 0 Å². The smallest absolute Gasteiger partial charge is 0.197 e. The van der Waals surface area contributed by atoms with Crippen molar-refractivity contribution in [2.75, 3.05) is 7.05 Å². The van der Waals surface area contributed by atoms with Crippen LogP contribution in [0.1, 0.15) is 17.2 Å². The van der Waals surface area contributed by atoms with E-state index in [4.69, 9.17) is 16.0 Å². The second kappa shape index (κ2) is 5.87. The van der Waals surface area contributed by atoms with Gasteiger partial charge in [0.2, 0.25) is 0 Å². The van der Waals surface area contributed by atoms with Crippen LogP contribution in [-0.4, -0.2) is 7.05 Å². The van der Waals surface area contributed by atoms with Crippen molar-refractivity contribution in [3.63, 3.8) is 0 Å². The number of hydrogen-bond acceptors (Lipinski definition) is 2. The Labute approximate surface area is 118 Å². The SMILES string of the molecule is CNC(Cc1cc(F)cc(Br)c1)c1ccoc1Cl. The lowest BCUT2D eigenvalue weighted by Gasteiger charge is -2.15. The Morgan fingerprint density at radius 2 is 2.22 bits per heavy atom. The van der Waals surface area contributed by atoms with E-state index in [0.717, 1.165) is 15.6 Å². The first-order chi connectivity index (χ1) is 8.60. The average Bonchev–Trinajstić information content (AvgIpc) is 2.71. The summed E-state index contributed by atoms with van der Waals surface area (Å²) >= 11 is 9.24. The van der Waals surface area contributed by atoms with Gasteiger partial charge < -0.3 is 9.73 Å². The molecule has 0 aliphatic carbocycles. The molecular weight excluding hydrogens is 321 g/mol. The maximum Gasteiger partial charge on any atom is 0.197 e. The summed E-state index contributed by atoms with van der Waals surface area (Å²) in [6, 6.07) is 6.65. The van der Waals surface area contributed by atoms with Crippen LogP contribution in [0.3, 0.4) is 0 Å². The first-order valence-corrected chi connectivity index (χ1v) is 6.62. The fourth-order valence-electron chi connectivity index (χ4n) is 1.89. The third-order valence-corrected chi connectivity index (χ3v) is 3.50. The molecule has 1 unspecified atom stereocenters. The highest BCUT2D eigenvalue weighted by Gasteiger charge is 2.16. The molecule has 0 bridgehead atoms. The van der Waals surface area contributed by atoms with Crippen LogP contribution in [0.2, 0.25) is 5.22 Å². The van der Waals surface area contributed by atoms with Gasteiger partial charge in [0, 0.05) is 16.1 Å². The van der Waals surface area contributed by atoms with Crippen LogP contribution in [0.5, 0.6) is 0 Å². The summed E-state index contributed by atoms with van der Waals surface area (Å²) in [6.45, 7) is 0. The zero-order valence-electron chi connectivity index (χ0n) is 9.71. The van der Waals surface area contributed by atoms with Gasteiger partial charge in [-0.3, -0.25) is 0 Å². The molecule has 0 aliphatic heterocycles. The van der Waals surface area contributed by atoms with E-state index < -0.39 is 0 Å². The molecule has 1 atom stereocenters. The van der Waals surface area contributed by atoms with E-state index in [9.17, 15) is 4.39 Å². The van der Waals surface area contributed by atoms with Crippen LogP contribution in [0.4, 0.5) is 4.39 Å². The molecule has 0 saturated carbocycles. The minimum atomic E-state index is -0.257. The van der Waals surface area contributed by atoms with E-state index in [1.807, 2.05) is 19.2 Å². The van der Waals surface area contributed by atoms with Gasteiger partial charge in [-0.1, -0.05) is 15.9 Å². The highest BCUT2D eigenvalue weighted by Crippen LogP contribution is 2.27. The molecule has 0 aliphatic rings. The minimum absolute atomic E-state index is 0.00931. The van der Waals surface area contributed by atoms with E-state index in [2.05, 4.69) is 21.2 Å². The predicted octanol–water partition coefficient (Wildman–Crippen LogP) is 4.34. The molecule has 18 heavy (non-hydrogen) atoms. The number of nitrogens with one attached hydrogen (secondary N) is 1. The van der Waals surface area contributed by atoms with Gasteiger partial charge in [-0.15, -0.1) is 0 Å². The zero-order chi connectivity index (χ0) is 13.1. The molecule has 1 N–H and O–H groups in total. The van der Waals surface area contributed by atoms with Gasteiger partial charge >= 0.3 is 0 Å². The molecule has 0 saturated heterocycles. The van der Waals surface area contributed by atoms with Crippen molar-refractivity contribution in [3.05, 3.63) is 57.2 Å². The van der Waals surface area contributed by atoms with E-state index in [-0.39, 0.29) is 11.9 Å². The van der Waals surface area contributed by atoms with Crippen LogP contribution in [0.25, 0.3) is 0 Å². The third-order valence-electron chi connectivity index (χ3n) is 2.73. The predicted molar refractivity (Wildman–Crippen MR) is 73.3 cm³/mol. The van der Waals surface area contributed by atoms with Crippen LogP contribution < -0.4 is 5.32 Å². The van der Waals surface area contributed by atoms with E-state index in [1.54, 1.807) is 6.26 Å². The Morgan fingerprint density at radius 1 is 1.44 bits per heavy atom. The van der Waals surface area contributed by atoms with Crippen molar-refractivity contribution < 1.29 is 8.81 Å². The molecule has 1 aromatic heterocycles. The third kappa shape index (κ3) is 3.13. The van der Waals surface area contributed by atoms with Gasteiger partial charge in [0.25, 0.3) is 0 Å². The van der Waals surface area contributed by atoms with E-state index in [1.165, 1.54) is 12.1 Å². The van der Waals surface area contributed by atoms with E-state index in [0.29, 0.717) is 11.6 Å². The van der Waals surface area contributed by atoms with Crippen LogP contribution >= 0.6 is 27.5 Å². The Hall–Kier alpha value is -0.840. The van der Waals surface area contributed by atoms with Gasteiger partial charge in [-0.25, -0.2) is 4.39 Å². The quantitative estimate of drug-likeness (QED) is 0.901. The first-order valence-electron chi connectivity index (χ1n) is 5.45. The molecule has 1 heterocycles. The molecule has 2 nitrogen and oxygen atoms in total. The zero-order valence-corrected chi connectivity index (χ0v) is 12.1. The molecule has 0 amide bonds. The lowest BCUT2D eigenvalue weighted by atomic mass is 10.0. The fraction of sp³-hybridized carbons (Fsp3) is 0.231. The van der Waals surface area contributed by atoms with Gasteiger partial charge in [-0.2, -0.15) is 0 Å². The summed E-state index contributed by atoms with van der Waals surface area (Å²) in [6.07, 6.45) is 2.18. The summed E-state index contributed by atoms with van der Waals surface area (Å²) < 4.78 is 19.1. The molecule has 0 fully saturated rings. The molecule has 0 radical (unpaired) electrons. The van der Waals surface area contributed by atoms with Crippen molar-refractivity contribution >= 4 is 27.5 Å². The summed E-state index contributed by atoms with van der Waals surface area (Å²) in [7, 11) is 1.84. The van der Waals surface area contributed by atoms with Gasteiger partial charge in [-0.05, 0) is 54.9 Å². The number of hydrogen-bond donors (Lipinski definition) is 1. The number of rotatable bonds is 4. The highest BCUT2D eigenvalue weighted by molar-refractivity contribution is 9.10. The van der Waals surface area contributed by atoms with Crippen molar-refractivity contribution in [1.82, 2.24) is 5.32 Å². The molecule has 0 spiro atoms. The summed E-state index contributed by atoms with van der Waals surface area (Å²) in [4.78, 5) is 0.